The molecule has 4 nitrogen and oxygen atoms in total. The van der Waals surface area contributed by atoms with Gasteiger partial charge in [-0.2, -0.15) is 4.31 Å². The summed E-state index contributed by atoms with van der Waals surface area (Å²) in [6.45, 7) is 1.72. The van der Waals surface area contributed by atoms with Gasteiger partial charge in [-0.05, 0) is 44.1 Å². The van der Waals surface area contributed by atoms with Crippen molar-refractivity contribution in [3.8, 4) is 0 Å². The quantitative estimate of drug-likeness (QED) is 0.921. The fourth-order valence-electron chi connectivity index (χ4n) is 2.29. The zero-order valence-corrected chi connectivity index (χ0v) is 12.1. The summed E-state index contributed by atoms with van der Waals surface area (Å²) in [4.78, 5) is -0.0272. The molecule has 0 radical (unpaired) electrons. The normalized spacial score (nSPS) is 20.9. The van der Waals surface area contributed by atoms with E-state index >= 15 is 0 Å². The first-order valence-electron chi connectivity index (χ1n) is 6.05. The van der Waals surface area contributed by atoms with Crippen molar-refractivity contribution in [3.63, 3.8) is 0 Å². The molecule has 1 aliphatic heterocycles. The van der Waals surface area contributed by atoms with E-state index in [1.165, 1.54) is 10.4 Å². The summed E-state index contributed by atoms with van der Waals surface area (Å²) in [6.07, 6.45) is 0.818. The molecule has 2 rings (SSSR count). The highest BCUT2D eigenvalue weighted by molar-refractivity contribution is 7.89. The molecular weight excluding hydrogens is 291 g/mol. The largest absolute Gasteiger partial charge is 0.319 e. The van der Waals surface area contributed by atoms with Crippen LogP contribution < -0.4 is 5.32 Å². The molecular formula is C12H16ClFN2O2S. The van der Waals surface area contributed by atoms with E-state index in [9.17, 15) is 12.8 Å². The Labute approximate surface area is 117 Å². The number of hydrogen-bond acceptors (Lipinski definition) is 3. The van der Waals surface area contributed by atoms with Crippen LogP contribution in [0, 0.1) is 11.7 Å². The van der Waals surface area contributed by atoms with Crippen LogP contribution in [-0.4, -0.2) is 39.4 Å². The van der Waals surface area contributed by atoms with Gasteiger partial charge in [-0.1, -0.05) is 11.6 Å². The van der Waals surface area contributed by atoms with Crippen molar-refractivity contribution in [2.45, 2.75) is 11.3 Å². The van der Waals surface area contributed by atoms with Crippen LogP contribution in [0.1, 0.15) is 6.42 Å². The van der Waals surface area contributed by atoms with Gasteiger partial charge in [-0.3, -0.25) is 0 Å². The van der Waals surface area contributed by atoms with Crippen LogP contribution in [0.3, 0.4) is 0 Å². The van der Waals surface area contributed by atoms with Gasteiger partial charge in [0.15, 0.2) is 0 Å². The third-order valence-electron chi connectivity index (χ3n) is 3.25. The molecule has 1 aliphatic rings. The van der Waals surface area contributed by atoms with Gasteiger partial charge in [0.2, 0.25) is 10.0 Å². The average molecular weight is 307 g/mol. The van der Waals surface area contributed by atoms with Gasteiger partial charge >= 0.3 is 0 Å². The Morgan fingerprint density at radius 3 is 2.89 bits per heavy atom. The lowest BCUT2D eigenvalue weighted by atomic mass is 10.1. The maximum atomic E-state index is 13.0. The first-order chi connectivity index (χ1) is 8.95. The zero-order valence-electron chi connectivity index (χ0n) is 10.6. The highest BCUT2D eigenvalue weighted by atomic mass is 35.5. The lowest BCUT2D eigenvalue weighted by molar-refractivity contribution is 0.451. The van der Waals surface area contributed by atoms with Crippen LogP contribution in [0.5, 0.6) is 0 Å². The summed E-state index contributed by atoms with van der Waals surface area (Å²) in [7, 11) is -1.79. The van der Waals surface area contributed by atoms with Gasteiger partial charge in [0.1, 0.15) is 10.7 Å². The zero-order chi connectivity index (χ0) is 14.0. The molecule has 7 heteroatoms. The fourth-order valence-corrected chi connectivity index (χ4v) is 4.33. The van der Waals surface area contributed by atoms with E-state index in [1.54, 1.807) is 0 Å². The lowest BCUT2D eigenvalue weighted by Crippen LogP contribution is -2.30. The standard InChI is InChI=1S/C12H16ClFN2O2S/c1-15-7-9-4-5-16(8-9)19(17,18)12-3-2-10(14)6-11(12)13/h2-3,6,9,15H,4-5,7-8H2,1H3/t9-/m0/s1. The number of benzene rings is 1. The highest BCUT2D eigenvalue weighted by Gasteiger charge is 2.33. The second-order valence-corrected chi connectivity index (χ2v) is 6.96. The Morgan fingerprint density at radius 1 is 1.53 bits per heavy atom. The van der Waals surface area contributed by atoms with E-state index < -0.39 is 15.8 Å². The maximum Gasteiger partial charge on any atom is 0.244 e. The molecule has 1 N–H and O–H groups in total. The van der Waals surface area contributed by atoms with Crippen LogP contribution in [0.4, 0.5) is 4.39 Å². The Balaban J connectivity index is 2.23. The van der Waals surface area contributed by atoms with Gasteiger partial charge in [0.25, 0.3) is 0 Å². The number of halogens is 2. The van der Waals surface area contributed by atoms with E-state index in [0.717, 1.165) is 25.1 Å². The molecule has 19 heavy (non-hydrogen) atoms. The lowest BCUT2D eigenvalue weighted by Gasteiger charge is -2.17. The van der Waals surface area contributed by atoms with Gasteiger partial charge in [-0.25, -0.2) is 12.8 Å². The third kappa shape index (κ3) is 3.08. The second kappa shape index (κ2) is 5.75. The SMILES string of the molecule is CNC[C@@H]1CCN(S(=O)(=O)c2ccc(F)cc2Cl)C1. The Bertz CT molecular complexity index is 565. The number of hydrogen-bond donors (Lipinski definition) is 1. The van der Waals surface area contributed by atoms with Crippen LogP contribution in [-0.2, 0) is 10.0 Å². The molecule has 1 atom stereocenters. The first-order valence-corrected chi connectivity index (χ1v) is 7.86. The molecule has 0 spiro atoms. The van der Waals surface area contributed by atoms with Gasteiger partial charge in [0.05, 0.1) is 5.02 Å². The van der Waals surface area contributed by atoms with Gasteiger partial charge in [0, 0.05) is 13.1 Å². The summed E-state index contributed by atoms with van der Waals surface area (Å²) >= 11 is 5.83. The molecule has 0 aromatic heterocycles. The van der Waals surface area contributed by atoms with Crippen molar-refractivity contribution in [3.05, 3.63) is 29.0 Å². The molecule has 0 bridgehead atoms. The minimum Gasteiger partial charge on any atom is -0.319 e. The van der Waals surface area contributed by atoms with Crippen molar-refractivity contribution in [1.82, 2.24) is 9.62 Å². The van der Waals surface area contributed by atoms with Gasteiger partial charge in [-0.15, -0.1) is 0 Å². The fraction of sp³-hybridized carbons (Fsp3) is 0.500. The summed E-state index contributed by atoms with van der Waals surface area (Å²) in [5.74, 6) is -0.238. The highest BCUT2D eigenvalue weighted by Crippen LogP contribution is 2.29. The minimum absolute atomic E-state index is 0.0272. The Morgan fingerprint density at radius 2 is 2.26 bits per heavy atom. The van der Waals surface area contributed by atoms with Crippen LogP contribution in [0.2, 0.25) is 5.02 Å². The van der Waals surface area contributed by atoms with Crippen LogP contribution >= 0.6 is 11.6 Å². The molecule has 106 valence electrons. The monoisotopic (exact) mass is 306 g/mol. The van der Waals surface area contributed by atoms with Crippen LogP contribution in [0.25, 0.3) is 0 Å². The predicted octanol–water partition coefficient (Wildman–Crippen LogP) is 1.71. The van der Waals surface area contributed by atoms with E-state index in [2.05, 4.69) is 5.32 Å². The average Bonchev–Trinajstić information content (AvgIpc) is 2.78. The van der Waals surface area contributed by atoms with Crippen molar-refractivity contribution in [2.24, 2.45) is 5.92 Å². The number of rotatable bonds is 4. The first kappa shape index (κ1) is 14.7. The molecule has 1 fully saturated rings. The summed E-state index contributed by atoms with van der Waals surface area (Å²) < 4.78 is 39.2. The molecule has 1 saturated heterocycles. The van der Waals surface area contributed by atoms with Crippen molar-refractivity contribution < 1.29 is 12.8 Å². The van der Waals surface area contributed by atoms with E-state index in [4.69, 9.17) is 11.6 Å². The maximum absolute atomic E-state index is 13.0. The summed E-state index contributed by atoms with van der Waals surface area (Å²) in [5.41, 5.74) is 0. The van der Waals surface area contributed by atoms with Crippen molar-refractivity contribution in [1.29, 1.82) is 0 Å². The Kier molecular flexibility index (Phi) is 4.45. The second-order valence-electron chi connectivity index (χ2n) is 4.65. The predicted molar refractivity (Wildman–Crippen MR) is 72.2 cm³/mol. The molecule has 1 aromatic carbocycles. The Hall–Kier alpha value is -0.690. The van der Waals surface area contributed by atoms with E-state index in [0.29, 0.717) is 19.0 Å². The molecule has 0 unspecified atom stereocenters. The topological polar surface area (TPSA) is 49.4 Å². The minimum atomic E-state index is -3.63. The molecule has 0 saturated carbocycles. The van der Waals surface area contributed by atoms with E-state index in [-0.39, 0.29) is 9.92 Å². The third-order valence-corrected chi connectivity index (χ3v) is 5.60. The van der Waals surface area contributed by atoms with Crippen molar-refractivity contribution in [2.75, 3.05) is 26.7 Å². The number of sulfonamides is 1. The molecule has 1 aromatic rings. The number of nitrogens with zero attached hydrogens (tertiary/aromatic N) is 1. The van der Waals surface area contributed by atoms with Crippen LogP contribution in [0.15, 0.2) is 23.1 Å². The molecule has 1 heterocycles. The van der Waals surface area contributed by atoms with Crippen molar-refractivity contribution >= 4 is 21.6 Å². The van der Waals surface area contributed by atoms with E-state index in [1.807, 2.05) is 7.05 Å². The smallest absolute Gasteiger partial charge is 0.244 e. The summed E-state index contributed by atoms with van der Waals surface area (Å²) in [6, 6.07) is 3.36. The van der Waals surface area contributed by atoms with Gasteiger partial charge < -0.3 is 5.32 Å². The number of nitrogens with one attached hydrogen (secondary N) is 1. The molecule has 0 amide bonds. The summed E-state index contributed by atoms with van der Waals surface area (Å²) in [5, 5.41) is 2.97. The molecule has 0 aliphatic carbocycles.